The van der Waals surface area contributed by atoms with Crippen LogP contribution in [0.2, 0.25) is 0 Å². The van der Waals surface area contributed by atoms with E-state index in [1.807, 2.05) is 0 Å². The second kappa shape index (κ2) is 8.60. The highest BCUT2D eigenvalue weighted by atomic mass is 16.7. The average molecular weight is 348 g/mol. The molecule has 1 aliphatic rings. The smallest absolute Gasteiger partial charge is 0.339 e. The Hall–Kier alpha value is -2.20. The van der Waals surface area contributed by atoms with Crippen LogP contribution in [0, 0.1) is 0 Å². The number of ether oxygens (including phenoxy) is 6. The maximum atomic E-state index is 11.9. The maximum Gasteiger partial charge on any atom is 0.339 e. The molecule has 24 heavy (non-hydrogen) atoms. The number of esters is 4. The molecular formula is C14H20O10. The van der Waals surface area contributed by atoms with Gasteiger partial charge in [-0.25, -0.2) is 4.79 Å². The summed E-state index contributed by atoms with van der Waals surface area (Å²) in [5.74, 6) is -3.08. The van der Waals surface area contributed by atoms with Crippen LogP contribution in [0.5, 0.6) is 0 Å². The summed E-state index contributed by atoms with van der Waals surface area (Å²) < 4.78 is 30.3. The largest absolute Gasteiger partial charge is 0.467 e. The van der Waals surface area contributed by atoms with Crippen LogP contribution < -0.4 is 0 Å². The Balaban J connectivity index is 3.28. The standard InChI is InChI=1S/C14H20O10/c1-6(15)21-9-10(22-7(2)16)12(23-8(3)17)14(20-5)24-11(9)13(18)19-4/h9-12,14H,1-5H3/t9-,10-,11-,12+,14+/m0/s1. The van der Waals surface area contributed by atoms with Crippen molar-refractivity contribution in [3.05, 3.63) is 0 Å². The van der Waals surface area contributed by atoms with E-state index in [1.54, 1.807) is 0 Å². The Bertz CT molecular complexity index is 502. The molecule has 5 atom stereocenters. The van der Waals surface area contributed by atoms with E-state index in [9.17, 15) is 19.2 Å². The molecule has 136 valence electrons. The van der Waals surface area contributed by atoms with Gasteiger partial charge in [-0.1, -0.05) is 0 Å². The van der Waals surface area contributed by atoms with Crippen LogP contribution in [0.1, 0.15) is 20.8 Å². The van der Waals surface area contributed by atoms with Crippen molar-refractivity contribution in [3.63, 3.8) is 0 Å². The zero-order valence-electron chi connectivity index (χ0n) is 14.0. The first-order valence-corrected chi connectivity index (χ1v) is 6.99. The fraction of sp³-hybridized carbons (Fsp3) is 0.714. The summed E-state index contributed by atoms with van der Waals surface area (Å²) in [5, 5.41) is 0. The Morgan fingerprint density at radius 2 is 1.21 bits per heavy atom. The van der Waals surface area contributed by atoms with Crippen molar-refractivity contribution in [2.45, 2.75) is 51.5 Å². The van der Waals surface area contributed by atoms with Crippen LogP contribution >= 0.6 is 0 Å². The van der Waals surface area contributed by atoms with Gasteiger partial charge in [0, 0.05) is 27.9 Å². The Morgan fingerprint density at radius 1 is 0.750 bits per heavy atom. The van der Waals surface area contributed by atoms with E-state index in [2.05, 4.69) is 4.74 Å². The molecule has 0 aromatic rings. The van der Waals surface area contributed by atoms with Gasteiger partial charge in [0.05, 0.1) is 7.11 Å². The molecule has 0 aliphatic carbocycles. The highest BCUT2D eigenvalue weighted by Crippen LogP contribution is 2.29. The zero-order valence-corrected chi connectivity index (χ0v) is 14.0. The number of methoxy groups -OCH3 is 2. The molecule has 0 saturated carbocycles. The number of carbonyl (C=O) groups is 4. The number of carbonyl (C=O) groups excluding carboxylic acids is 4. The Kier molecular flexibility index (Phi) is 7.11. The van der Waals surface area contributed by atoms with E-state index in [1.165, 1.54) is 7.11 Å². The van der Waals surface area contributed by atoms with Gasteiger partial charge in [-0.3, -0.25) is 14.4 Å². The van der Waals surface area contributed by atoms with Gasteiger partial charge in [-0.15, -0.1) is 0 Å². The second-order valence-corrected chi connectivity index (χ2v) is 4.91. The predicted octanol–water partition coefficient (Wildman–Crippen LogP) is -0.674. The molecule has 0 unspecified atom stereocenters. The molecule has 0 radical (unpaired) electrons. The van der Waals surface area contributed by atoms with E-state index >= 15 is 0 Å². The van der Waals surface area contributed by atoms with Gasteiger partial charge in [-0.05, 0) is 0 Å². The molecule has 10 nitrogen and oxygen atoms in total. The minimum atomic E-state index is -1.43. The molecule has 0 N–H and O–H groups in total. The molecule has 0 amide bonds. The van der Waals surface area contributed by atoms with Crippen molar-refractivity contribution in [2.75, 3.05) is 14.2 Å². The van der Waals surface area contributed by atoms with Gasteiger partial charge in [0.2, 0.25) is 0 Å². The minimum Gasteiger partial charge on any atom is -0.467 e. The van der Waals surface area contributed by atoms with Gasteiger partial charge >= 0.3 is 23.9 Å². The molecule has 0 spiro atoms. The molecule has 1 aliphatic heterocycles. The highest BCUT2D eigenvalue weighted by molar-refractivity contribution is 5.77. The fourth-order valence-corrected chi connectivity index (χ4v) is 2.27. The van der Waals surface area contributed by atoms with Crippen LogP contribution in [0.15, 0.2) is 0 Å². The van der Waals surface area contributed by atoms with E-state index in [-0.39, 0.29) is 0 Å². The summed E-state index contributed by atoms with van der Waals surface area (Å²) >= 11 is 0. The van der Waals surface area contributed by atoms with E-state index in [0.717, 1.165) is 27.9 Å². The second-order valence-electron chi connectivity index (χ2n) is 4.91. The predicted molar refractivity (Wildman–Crippen MR) is 74.3 cm³/mol. The molecule has 0 aromatic carbocycles. The summed E-state index contributed by atoms with van der Waals surface area (Å²) in [6, 6.07) is 0. The number of rotatable bonds is 5. The van der Waals surface area contributed by atoms with Gasteiger partial charge in [0.15, 0.2) is 30.7 Å². The highest BCUT2D eigenvalue weighted by Gasteiger charge is 2.54. The van der Waals surface area contributed by atoms with E-state index in [0.29, 0.717) is 0 Å². The summed E-state index contributed by atoms with van der Waals surface area (Å²) in [4.78, 5) is 46.1. The third-order valence-electron chi connectivity index (χ3n) is 3.07. The van der Waals surface area contributed by atoms with Gasteiger partial charge in [0.25, 0.3) is 0 Å². The van der Waals surface area contributed by atoms with Gasteiger partial charge in [0.1, 0.15) is 0 Å². The molecule has 1 heterocycles. The molecular weight excluding hydrogens is 328 g/mol. The lowest BCUT2D eigenvalue weighted by Gasteiger charge is -2.42. The SMILES string of the molecule is COC(=O)[C@H]1O[C@@H](OC)[C@H](OC(C)=O)[C@@H](OC(C)=O)[C@@H]1OC(C)=O. The summed E-state index contributed by atoms with van der Waals surface area (Å²) in [5.41, 5.74) is 0. The molecule has 10 heteroatoms. The summed E-state index contributed by atoms with van der Waals surface area (Å²) in [6.45, 7) is 3.34. The van der Waals surface area contributed by atoms with Crippen molar-refractivity contribution < 1.29 is 47.6 Å². The third-order valence-corrected chi connectivity index (χ3v) is 3.07. The lowest BCUT2D eigenvalue weighted by molar-refractivity contribution is -0.296. The van der Waals surface area contributed by atoms with Gasteiger partial charge < -0.3 is 28.4 Å². The van der Waals surface area contributed by atoms with Crippen molar-refractivity contribution in [2.24, 2.45) is 0 Å². The van der Waals surface area contributed by atoms with E-state index < -0.39 is 54.6 Å². The Morgan fingerprint density at radius 3 is 1.62 bits per heavy atom. The molecule has 1 rings (SSSR count). The third kappa shape index (κ3) is 4.90. The molecule has 0 aromatic heterocycles. The van der Waals surface area contributed by atoms with Crippen LogP contribution in [0.3, 0.4) is 0 Å². The lowest BCUT2D eigenvalue weighted by atomic mass is 9.97. The van der Waals surface area contributed by atoms with Crippen molar-refractivity contribution in [1.29, 1.82) is 0 Å². The first-order valence-electron chi connectivity index (χ1n) is 6.99. The number of hydrogen-bond donors (Lipinski definition) is 0. The Labute approximate surface area is 138 Å². The zero-order chi connectivity index (χ0) is 18.4. The lowest BCUT2D eigenvalue weighted by Crippen LogP contribution is -2.63. The minimum absolute atomic E-state index is 0.708. The monoisotopic (exact) mass is 348 g/mol. The van der Waals surface area contributed by atoms with Crippen molar-refractivity contribution in [3.8, 4) is 0 Å². The summed E-state index contributed by atoms with van der Waals surface area (Å²) in [7, 11) is 2.35. The van der Waals surface area contributed by atoms with Crippen molar-refractivity contribution in [1.82, 2.24) is 0 Å². The maximum absolute atomic E-state index is 11.9. The molecule has 0 bridgehead atoms. The fourth-order valence-electron chi connectivity index (χ4n) is 2.27. The van der Waals surface area contributed by atoms with Crippen LogP contribution in [0.4, 0.5) is 0 Å². The van der Waals surface area contributed by atoms with E-state index in [4.69, 9.17) is 23.7 Å². The summed E-state index contributed by atoms with van der Waals surface area (Å²) in [6.07, 6.45) is -6.62. The van der Waals surface area contributed by atoms with Crippen LogP contribution in [0.25, 0.3) is 0 Å². The normalized spacial score (nSPS) is 29.3. The first kappa shape index (κ1) is 19.8. The first-order chi connectivity index (χ1) is 11.2. The van der Waals surface area contributed by atoms with Crippen LogP contribution in [-0.4, -0.2) is 68.8 Å². The van der Waals surface area contributed by atoms with Gasteiger partial charge in [-0.2, -0.15) is 0 Å². The topological polar surface area (TPSA) is 124 Å². The molecule has 1 saturated heterocycles. The quantitative estimate of drug-likeness (QED) is 0.466. The van der Waals surface area contributed by atoms with Crippen LogP contribution in [-0.2, 0) is 47.6 Å². The molecule has 1 fully saturated rings. The van der Waals surface area contributed by atoms with Crippen molar-refractivity contribution >= 4 is 23.9 Å². The average Bonchev–Trinajstić information content (AvgIpc) is 2.48. The number of hydrogen-bond acceptors (Lipinski definition) is 10.